The van der Waals surface area contributed by atoms with Crippen LogP contribution in [0.4, 0.5) is 4.39 Å². The van der Waals surface area contributed by atoms with Crippen LogP contribution in [0.2, 0.25) is 5.02 Å². The first-order valence-electron chi connectivity index (χ1n) is 5.34. The third kappa shape index (κ3) is 2.93. The van der Waals surface area contributed by atoms with Crippen molar-refractivity contribution in [1.29, 1.82) is 0 Å². The van der Waals surface area contributed by atoms with Crippen LogP contribution in [-0.4, -0.2) is 6.04 Å². The van der Waals surface area contributed by atoms with Gasteiger partial charge < -0.3 is 5.32 Å². The van der Waals surface area contributed by atoms with Crippen LogP contribution >= 0.6 is 11.6 Å². The number of nitrogens with one attached hydrogen (secondary N) is 1. The van der Waals surface area contributed by atoms with Gasteiger partial charge in [-0.05, 0) is 49.4 Å². The van der Waals surface area contributed by atoms with Crippen molar-refractivity contribution in [2.75, 3.05) is 0 Å². The minimum Gasteiger partial charge on any atom is -0.310 e. The van der Waals surface area contributed by atoms with Crippen molar-refractivity contribution in [3.8, 4) is 0 Å². The molecule has 82 valence electrons. The summed E-state index contributed by atoms with van der Waals surface area (Å²) in [6.45, 7) is 2.82. The summed E-state index contributed by atoms with van der Waals surface area (Å²) >= 11 is 5.97. The van der Waals surface area contributed by atoms with Crippen molar-refractivity contribution in [1.82, 2.24) is 5.32 Å². The Morgan fingerprint density at radius 3 is 2.93 bits per heavy atom. The predicted octanol–water partition coefficient (Wildman–Crippen LogP) is 3.37. The van der Waals surface area contributed by atoms with Crippen molar-refractivity contribution < 1.29 is 4.39 Å². The Bertz CT molecular complexity index is 349. The van der Waals surface area contributed by atoms with Gasteiger partial charge in [-0.2, -0.15) is 0 Å². The van der Waals surface area contributed by atoms with Gasteiger partial charge in [0.2, 0.25) is 0 Å². The van der Waals surface area contributed by atoms with Crippen molar-refractivity contribution in [3.05, 3.63) is 34.6 Å². The zero-order valence-corrected chi connectivity index (χ0v) is 9.52. The van der Waals surface area contributed by atoms with E-state index in [4.69, 9.17) is 11.6 Å². The molecule has 15 heavy (non-hydrogen) atoms. The van der Waals surface area contributed by atoms with Gasteiger partial charge in [0, 0.05) is 17.6 Å². The van der Waals surface area contributed by atoms with Crippen LogP contribution in [0.25, 0.3) is 0 Å². The highest BCUT2D eigenvalue weighted by molar-refractivity contribution is 6.31. The maximum absolute atomic E-state index is 13.0. The molecule has 1 unspecified atom stereocenters. The van der Waals surface area contributed by atoms with Crippen LogP contribution in [-0.2, 0) is 6.54 Å². The van der Waals surface area contributed by atoms with Crippen molar-refractivity contribution in [2.45, 2.75) is 32.4 Å². The molecule has 1 aromatic carbocycles. The van der Waals surface area contributed by atoms with E-state index in [0.717, 1.165) is 11.5 Å². The van der Waals surface area contributed by atoms with Crippen molar-refractivity contribution >= 4 is 11.6 Å². The third-order valence-electron chi connectivity index (χ3n) is 2.95. The van der Waals surface area contributed by atoms with Crippen LogP contribution in [0.5, 0.6) is 0 Å². The lowest BCUT2D eigenvalue weighted by Crippen LogP contribution is -2.27. The quantitative estimate of drug-likeness (QED) is 0.832. The molecule has 3 heteroatoms. The van der Waals surface area contributed by atoms with Crippen molar-refractivity contribution in [2.24, 2.45) is 5.92 Å². The molecule has 1 aliphatic rings. The Balaban J connectivity index is 1.94. The van der Waals surface area contributed by atoms with Crippen LogP contribution in [0.1, 0.15) is 25.3 Å². The lowest BCUT2D eigenvalue weighted by Gasteiger charge is -2.13. The van der Waals surface area contributed by atoms with E-state index in [2.05, 4.69) is 12.2 Å². The van der Waals surface area contributed by atoms with Gasteiger partial charge >= 0.3 is 0 Å². The van der Waals surface area contributed by atoms with Gasteiger partial charge in [-0.25, -0.2) is 4.39 Å². The van der Waals surface area contributed by atoms with E-state index >= 15 is 0 Å². The molecule has 0 spiro atoms. The number of benzene rings is 1. The highest BCUT2D eigenvalue weighted by atomic mass is 35.5. The molecular formula is C12H15ClFN. The first-order chi connectivity index (χ1) is 7.16. The van der Waals surface area contributed by atoms with Gasteiger partial charge in [0.25, 0.3) is 0 Å². The summed E-state index contributed by atoms with van der Waals surface area (Å²) in [5.74, 6) is 0.576. The molecule has 0 amide bonds. The van der Waals surface area contributed by atoms with Gasteiger partial charge in [-0.1, -0.05) is 11.6 Å². The molecule has 0 radical (unpaired) electrons. The van der Waals surface area contributed by atoms with E-state index in [1.54, 1.807) is 6.07 Å². The zero-order valence-electron chi connectivity index (χ0n) is 8.76. The Hall–Kier alpha value is -0.600. The molecule has 0 aliphatic heterocycles. The molecule has 1 atom stereocenters. The lowest BCUT2D eigenvalue weighted by molar-refractivity contribution is 0.495. The van der Waals surface area contributed by atoms with Gasteiger partial charge in [0.1, 0.15) is 5.82 Å². The van der Waals surface area contributed by atoms with E-state index < -0.39 is 0 Å². The molecule has 1 aromatic rings. The van der Waals surface area contributed by atoms with E-state index in [1.807, 2.05) is 0 Å². The molecule has 0 saturated heterocycles. The molecule has 1 aliphatic carbocycles. The standard InChI is InChI=1S/C12H15ClFN/c1-8(9-2-3-9)15-7-10-6-11(14)4-5-12(10)13/h4-6,8-9,15H,2-3,7H2,1H3. The van der Waals surface area contributed by atoms with Gasteiger partial charge in [-0.15, -0.1) is 0 Å². The predicted molar refractivity (Wildman–Crippen MR) is 60.4 cm³/mol. The van der Waals surface area contributed by atoms with E-state index in [9.17, 15) is 4.39 Å². The summed E-state index contributed by atoms with van der Waals surface area (Å²) in [4.78, 5) is 0. The largest absolute Gasteiger partial charge is 0.310 e. The van der Waals surface area contributed by atoms with Crippen LogP contribution < -0.4 is 5.32 Å². The summed E-state index contributed by atoms with van der Waals surface area (Å²) in [7, 11) is 0. The van der Waals surface area contributed by atoms with Gasteiger partial charge in [0.15, 0.2) is 0 Å². The van der Waals surface area contributed by atoms with E-state index in [1.165, 1.54) is 25.0 Å². The van der Waals surface area contributed by atoms with Crippen molar-refractivity contribution in [3.63, 3.8) is 0 Å². The maximum Gasteiger partial charge on any atom is 0.123 e. The second-order valence-electron chi connectivity index (χ2n) is 4.24. The first-order valence-corrected chi connectivity index (χ1v) is 5.72. The van der Waals surface area contributed by atoms with E-state index in [-0.39, 0.29) is 5.82 Å². The zero-order chi connectivity index (χ0) is 10.8. The van der Waals surface area contributed by atoms with Gasteiger partial charge in [0.05, 0.1) is 0 Å². The number of hydrogen-bond donors (Lipinski definition) is 1. The molecule has 0 heterocycles. The lowest BCUT2D eigenvalue weighted by atomic mass is 10.1. The SMILES string of the molecule is CC(NCc1cc(F)ccc1Cl)C1CC1. The second-order valence-corrected chi connectivity index (χ2v) is 4.65. The summed E-state index contributed by atoms with van der Waals surface area (Å²) in [6.07, 6.45) is 2.62. The Morgan fingerprint density at radius 2 is 2.27 bits per heavy atom. The number of rotatable bonds is 4. The monoisotopic (exact) mass is 227 g/mol. The average Bonchev–Trinajstić information content (AvgIpc) is 3.02. The average molecular weight is 228 g/mol. The number of hydrogen-bond acceptors (Lipinski definition) is 1. The summed E-state index contributed by atoms with van der Waals surface area (Å²) in [6, 6.07) is 4.99. The Morgan fingerprint density at radius 1 is 1.53 bits per heavy atom. The molecule has 1 saturated carbocycles. The highest BCUT2D eigenvalue weighted by Crippen LogP contribution is 2.32. The molecule has 0 aromatic heterocycles. The fourth-order valence-corrected chi connectivity index (χ4v) is 1.90. The Kier molecular flexibility index (Phi) is 3.27. The first kappa shape index (κ1) is 10.9. The Labute approximate surface area is 94.6 Å². The fourth-order valence-electron chi connectivity index (χ4n) is 1.71. The van der Waals surface area contributed by atoms with Crippen LogP contribution in [0.3, 0.4) is 0 Å². The summed E-state index contributed by atoms with van der Waals surface area (Å²) < 4.78 is 13.0. The minimum absolute atomic E-state index is 0.227. The third-order valence-corrected chi connectivity index (χ3v) is 3.32. The summed E-state index contributed by atoms with van der Waals surface area (Å²) in [5.41, 5.74) is 0.837. The van der Waals surface area contributed by atoms with Crippen LogP contribution in [0, 0.1) is 11.7 Å². The molecular weight excluding hydrogens is 213 g/mol. The molecule has 1 fully saturated rings. The minimum atomic E-state index is -0.227. The smallest absolute Gasteiger partial charge is 0.123 e. The molecule has 0 bridgehead atoms. The van der Waals surface area contributed by atoms with E-state index in [0.29, 0.717) is 17.6 Å². The molecule has 2 rings (SSSR count). The van der Waals surface area contributed by atoms with Gasteiger partial charge in [-0.3, -0.25) is 0 Å². The highest BCUT2D eigenvalue weighted by Gasteiger charge is 2.27. The topological polar surface area (TPSA) is 12.0 Å². The summed E-state index contributed by atoms with van der Waals surface area (Å²) in [5, 5.41) is 4.01. The fraction of sp³-hybridized carbons (Fsp3) is 0.500. The molecule has 1 N–H and O–H groups in total. The second kappa shape index (κ2) is 4.50. The number of halogens is 2. The molecule has 1 nitrogen and oxygen atoms in total. The van der Waals surface area contributed by atoms with Crippen LogP contribution in [0.15, 0.2) is 18.2 Å². The normalized spacial score (nSPS) is 17.8. The maximum atomic E-state index is 13.0.